The van der Waals surface area contributed by atoms with Crippen molar-refractivity contribution in [3.8, 4) is 22.7 Å². The zero-order valence-electron chi connectivity index (χ0n) is 22.2. The van der Waals surface area contributed by atoms with Gasteiger partial charge >= 0.3 is 6.18 Å². The molecular weight excluding hydrogens is 546 g/mol. The van der Waals surface area contributed by atoms with Crippen LogP contribution in [0.5, 0.6) is 5.75 Å². The number of benzene rings is 2. The van der Waals surface area contributed by atoms with Gasteiger partial charge in [-0.05, 0) is 42.7 Å². The molecule has 0 aliphatic carbocycles. The topological polar surface area (TPSA) is 69.2 Å². The number of halogens is 5. The lowest BCUT2D eigenvalue weighted by atomic mass is 10.00. The van der Waals surface area contributed by atoms with Crippen LogP contribution < -0.4 is 15.4 Å². The van der Waals surface area contributed by atoms with Gasteiger partial charge in [0.1, 0.15) is 11.4 Å². The first-order valence-electron chi connectivity index (χ1n) is 12.8. The number of nitrogen functional groups attached to an aromatic ring is 1. The summed E-state index contributed by atoms with van der Waals surface area (Å²) in [6, 6.07) is 11.5. The third kappa shape index (κ3) is 5.32. The van der Waals surface area contributed by atoms with Crippen LogP contribution >= 0.6 is 11.6 Å². The fraction of sp³-hybridized carbons (Fsp3) is 0.310. The summed E-state index contributed by atoms with van der Waals surface area (Å²) in [6.45, 7) is 7.10. The van der Waals surface area contributed by atoms with Crippen molar-refractivity contribution in [1.29, 1.82) is 0 Å². The zero-order chi connectivity index (χ0) is 28.8. The van der Waals surface area contributed by atoms with Crippen LogP contribution in [0.25, 0.3) is 16.9 Å². The number of nitrogens with zero attached hydrogens (tertiary/aromatic N) is 4. The van der Waals surface area contributed by atoms with Crippen LogP contribution in [0, 0.1) is 18.7 Å². The number of anilines is 2. The van der Waals surface area contributed by atoms with Gasteiger partial charge in [-0.25, -0.2) is 14.1 Å². The van der Waals surface area contributed by atoms with Crippen molar-refractivity contribution in [2.24, 2.45) is 5.92 Å². The number of ether oxygens (including phenoxy) is 1. The van der Waals surface area contributed by atoms with E-state index in [0.717, 1.165) is 28.1 Å². The van der Waals surface area contributed by atoms with E-state index in [1.165, 1.54) is 0 Å². The van der Waals surface area contributed by atoms with Crippen LogP contribution in [0.15, 0.2) is 48.7 Å². The van der Waals surface area contributed by atoms with Crippen molar-refractivity contribution in [2.75, 3.05) is 23.8 Å². The van der Waals surface area contributed by atoms with Crippen LogP contribution in [0.3, 0.4) is 0 Å². The molecule has 0 fully saturated rings. The molecule has 40 heavy (non-hydrogen) atoms. The highest BCUT2D eigenvalue weighted by Crippen LogP contribution is 2.39. The monoisotopic (exact) mass is 573 g/mol. The number of aryl methyl sites for hydroxylation is 1. The van der Waals surface area contributed by atoms with E-state index in [1.54, 1.807) is 17.0 Å². The van der Waals surface area contributed by atoms with Crippen LogP contribution in [-0.2, 0) is 19.1 Å². The van der Waals surface area contributed by atoms with E-state index in [2.05, 4.69) is 18.8 Å². The Morgan fingerprint density at radius 2 is 1.93 bits per heavy atom. The second-order valence-electron chi connectivity index (χ2n) is 10.2. The van der Waals surface area contributed by atoms with Gasteiger partial charge in [-0.2, -0.15) is 18.3 Å². The molecule has 3 heterocycles. The number of alkyl halides is 3. The lowest BCUT2D eigenvalue weighted by Gasteiger charge is -2.28. The number of rotatable bonds is 6. The first kappa shape index (κ1) is 27.8. The van der Waals surface area contributed by atoms with E-state index in [0.29, 0.717) is 59.9 Å². The van der Waals surface area contributed by atoms with Gasteiger partial charge in [0.15, 0.2) is 11.6 Å². The molecule has 1 aliphatic rings. The molecule has 0 bridgehead atoms. The molecule has 6 nitrogen and oxygen atoms in total. The number of fused-ring (bicyclic) bond motifs is 1. The van der Waals surface area contributed by atoms with Crippen LogP contribution in [0.1, 0.15) is 36.2 Å². The molecule has 0 saturated heterocycles. The third-order valence-electron chi connectivity index (χ3n) is 6.74. The highest BCUT2D eigenvalue weighted by atomic mass is 35.5. The minimum atomic E-state index is -4.69. The van der Waals surface area contributed by atoms with Gasteiger partial charge in [-0.15, -0.1) is 0 Å². The number of hydrogen-bond acceptors (Lipinski definition) is 5. The Morgan fingerprint density at radius 3 is 2.60 bits per heavy atom. The molecule has 2 N–H and O–H groups in total. The van der Waals surface area contributed by atoms with Crippen molar-refractivity contribution in [1.82, 2.24) is 14.8 Å². The van der Waals surface area contributed by atoms with E-state index < -0.39 is 17.6 Å². The Hall–Kier alpha value is -3.79. The summed E-state index contributed by atoms with van der Waals surface area (Å²) >= 11 is 6.42. The Labute approximate surface area is 234 Å². The lowest BCUT2D eigenvalue weighted by molar-refractivity contribution is -0.138. The molecule has 11 heteroatoms. The molecule has 0 spiro atoms. The van der Waals surface area contributed by atoms with Crippen LogP contribution in [-0.4, -0.2) is 27.9 Å². The van der Waals surface area contributed by atoms with Crippen LogP contribution in [0.2, 0.25) is 5.02 Å². The quantitative estimate of drug-likeness (QED) is 0.195. The maximum absolute atomic E-state index is 14.9. The van der Waals surface area contributed by atoms with Gasteiger partial charge in [-0.1, -0.05) is 43.6 Å². The fourth-order valence-electron chi connectivity index (χ4n) is 4.78. The van der Waals surface area contributed by atoms with Gasteiger partial charge in [0.05, 0.1) is 34.3 Å². The second kappa shape index (κ2) is 10.6. The van der Waals surface area contributed by atoms with E-state index in [1.807, 2.05) is 35.9 Å². The Bertz CT molecular complexity index is 1570. The molecule has 2 aromatic carbocycles. The first-order chi connectivity index (χ1) is 18.9. The molecule has 5 rings (SSSR count). The average molecular weight is 574 g/mol. The molecule has 0 amide bonds. The normalized spacial score (nSPS) is 13.6. The molecule has 2 aromatic heterocycles. The second-order valence-corrected chi connectivity index (χ2v) is 10.7. The first-order valence-corrected chi connectivity index (χ1v) is 13.2. The highest BCUT2D eigenvalue weighted by Gasteiger charge is 2.34. The van der Waals surface area contributed by atoms with Gasteiger partial charge < -0.3 is 15.4 Å². The molecular formula is C29H28ClF4N5O. The molecule has 4 aromatic rings. The maximum atomic E-state index is 14.9. The van der Waals surface area contributed by atoms with Gasteiger partial charge in [0, 0.05) is 36.8 Å². The van der Waals surface area contributed by atoms with E-state index in [9.17, 15) is 17.6 Å². The zero-order valence-corrected chi connectivity index (χ0v) is 22.9. The van der Waals surface area contributed by atoms with Crippen molar-refractivity contribution >= 4 is 23.1 Å². The summed E-state index contributed by atoms with van der Waals surface area (Å²) < 4.78 is 62.2. The van der Waals surface area contributed by atoms with Gasteiger partial charge in [0.2, 0.25) is 0 Å². The Morgan fingerprint density at radius 1 is 1.15 bits per heavy atom. The predicted molar refractivity (Wildman–Crippen MR) is 147 cm³/mol. The lowest BCUT2D eigenvalue weighted by Crippen LogP contribution is -2.32. The maximum Gasteiger partial charge on any atom is 0.417 e. The largest absolute Gasteiger partial charge is 0.491 e. The Balaban J connectivity index is 1.65. The highest BCUT2D eigenvalue weighted by molar-refractivity contribution is 6.33. The Kier molecular flexibility index (Phi) is 7.39. The standard InChI is InChI=1S/C29H28ClF4N5O/c1-16(2)15-40-25-6-4-5-17(3)26(25)39-27(18-7-8-23(35)21(30)11-18)20-14-38(10-9-24(20)37-39)28-22(31)12-19(13-36-28)29(32,33)34/h4-8,11-13,16H,9-10,14-15,35H2,1-3H3. The van der Waals surface area contributed by atoms with Crippen molar-refractivity contribution in [3.05, 3.63) is 81.9 Å². The predicted octanol–water partition coefficient (Wildman–Crippen LogP) is 7.23. The number of aromatic nitrogens is 3. The molecule has 0 unspecified atom stereocenters. The van der Waals surface area contributed by atoms with Crippen molar-refractivity contribution in [2.45, 2.75) is 39.9 Å². The van der Waals surface area contributed by atoms with Gasteiger partial charge in [0.25, 0.3) is 0 Å². The summed E-state index contributed by atoms with van der Waals surface area (Å²) in [4.78, 5) is 5.47. The summed E-state index contributed by atoms with van der Waals surface area (Å²) in [5.74, 6) is -0.228. The molecule has 210 valence electrons. The molecule has 0 saturated carbocycles. The SMILES string of the molecule is Cc1cccc(OCC(C)C)c1-n1nc2c(c1-c1ccc(N)c(Cl)c1)CN(c1ncc(C(F)(F)F)cc1F)CC2. The summed E-state index contributed by atoms with van der Waals surface area (Å²) in [5, 5.41) is 5.33. The van der Waals surface area contributed by atoms with Crippen molar-refractivity contribution in [3.63, 3.8) is 0 Å². The van der Waals surface area contributed by atoms with E-state index in [-0.39, 0.29) is 12.4 Å². The molecule has 0 atom stereocenters. The summed E-state index contributed by atoms with van der Waals surface area (Å²) in [7, 11) is 0. The number of pyridine rings is 1. The minimum Gasteiger partial charge on any atom is -0.491 e. The minimum absolute atomic E-state index is 0.149. The fourth-order valence-corrected chi connectivity index (χ4v) is 4.96. The van der Waals surface area contributed by atoms with Gasteiger partial charge in [-0.3, -0.25) is 0 Å². The third-order valence-corrected chi connectivity index (χ3v) is 7.07. The summed E-state index contributed by atoms with van der Waals surface area (Å²) in [5.41, 5.74) is 9.96. The smallest absolute Gasteiger partial charge is 0.417 e. The molecule has 0 radical (unpaired) electrons. The van der Waals surface area contributed by atoms with E-state index in [4.69, 9.17) is 27.2 Å². The van der Waals surface area contributed by atoms with Crippen molar-refractivity contribution < 1.29 is 22.3 Å². The average Bonchev–Trinajstić information content (AvgIpc) is 3.26. The number of nitrogens with two attached hydrogens (primary N) is 1. The van der Waals surface area contributed by atoms with Crippen LogP contribution in [0.4, 0.5) is 29.1 Å². The summed E-state index contributed by atoms with van der Waals surface area (Å²) in [6.07, 6.45) is -3.61. The molecule has 1 aliphatic heterocycles. The number of para-hydroxylation sites is 1. The van der Waals surface area contributed by atoms with E-state index >= 15 is 0 Å². The number of hydrogen-bond donors (Lipinski definition) is 1.